The van der Waals surface area contributed by atoms with E-state index in [-0.39, 0.29) is 18.4 Å². The quantitative estimate of drug-likeness (QED) is 0.829. The van der Waals surface area contributed by atoms with Gasteiger partial charge in [-0.05, 0) is 20.8 Å². The van der Waals surface area contributed by atoms with Crippen LogP contribution in [0, 0.1) is 0 Å². The summed E-state index contributed by atoms with van der Waals surface area (Å²) in [5, 5.41) is 6.85. The molecule has 2 amide bonds. The van der Waals surface area contributed by atoms with Crippen molar-refractivity contribution in [1.29, 1.82) is 0 Å². The number of aromatic nitrogens is 2. The van der Waals surface area contributed by atoms with E-state index in [1.807, 2.05) is 13.1 Å². The lowest BCUT2D eigenvalue weighted by atomic mass is 10.0. The molecule has 0 aliphatic carbocycles. The Labute approximate surface area is 106 Å². The fourth-order valence-electron chi connectivity index (χ4n) is 2.09. The molecule has 1 aliphatic rings. The topological polar surface area (TPSA) is 67.2 Å². The number of nitrogens with one attached hydrogen (secondary N) is 1. The first-order valence-electron chi connectivity index (χ1n) is 6.04. The average molecular weight is 250 g/mol. The molecule has 18 heavy (non-hydrogen) atoms. The molecule has 6 heteroatoms. The molecule has 1 aliphatic heterocycles. The van der Waals surface area contributed by atoms with Gasteiger partial charge in [-0.25, -0.2) is 0 Å². The van der Waals surface area contributed by atoms with Gasteiger partial charge in [0.1, 0.15) is 5.54 Å². The van der Waals surface area contributed by atoms with Gasteiger partial charge in [0, 0.05) is 24.8 Å². The molecule has 1 aromatic heterocycles. The zero-order chi connectivity index (χ0) is 13.3. The van der Waals surface area contributed by atoms with Gasteiger partial charge in [0.15, 0.2) is 0 Å². The Morgan fingerprint density at radius 1 is 1.44 bits per heavy atom. The molecular formula is C12H18N4O2. The minimum atomic E-state index is -0.823. The number of amides is 2. The summed E-state index contributed by atoms with van der Waals surface area (Å²) in [7, 11) is 0. The predicted octanol–water partition coefficient (Wildman–Crippen LogP) is 0.140. The summed E-state index contributed by atoms with van der Waals surface area (Å²) in [4.78, 5) is 25.3. The van der Waals surface area contributed by atoms with E-state index in [1.165, 1.54) is 0 Å². The van der Waals surface area contributed by atoms with Crippen molar-refractivity contribution in [3.63, 3.8) is 0 Å². The van der Waals surface area contributed by atoms with Crippen molar-refractivity contribution in [1.82, 2.24) is 20.0 Å². The highest BCUT2D eigenvalue weighted by molar-refractivity contribution is 5.97. The smallest absolute Gasteiger partial charge is 0.248 e. The molecular weight excluding hydrogens is 232 g/mol. The standard InChI is InChI=1S/C12H18N4O2/c1-4-16-7-9(5-13-16)6-15-8-10(17)14-12(2,3)11(15)18/h5,7H,4,6,8H2,1-3H3,(H,14,17). The second-order valence-corrected chi connectivity index (χ2v) is 5.04. The van der Waals surface area contributed by atoms with Gasteiger partial charge >= 0.3 is 0 Å². The molecule has 1 N–H and O–H groups in total. The van der Waals surface area contributed by atoms with Gasteiger partial charge < -0.3 is 10.2 Å². The predicted molar refractivity (Wildman–Crippen MR) is 65.5 cm³/mol. The van der Waals surface area contributed by atoms with Gasteiger partial charge in [0.05, 0.1) is 12.7 Å². The van der Waals surface area contributed by atoms with Crippen LogP contribution in [0.15, 0.2) is 12.4 Å². The van der Waals surface area contributed by atoms with E-state index in [1.54, 1.807) is 29.6 Å². The van der Waals surface area contributed by atoms with Crippen LogP contribution in [0.1, 0.15) is 26.3 Å². The number of nitrogens with zero attached hydrogens (tertiary/aromatic N) is 3. The van der Waals surface area contributed by atoms with Crippen molar-refractivity contribution in [2.75, 3.05) is 6.54 Å². The first-order valence-corrected chi connectivity index (χ1v) is 6.04. The fraction of sp³-hybridized carbons (Fsp3) is 0.583. The van der Waals surface area contributed by atoms with Crippen LogP contribution >= 0.6 is 0 Å². The Bertz CT molecular complexity index is 478. The highest BCUT2D eigenvalue weighted by Crippen LogP contribution is 2.15. The number of rotatable bonds is 3. The van der Waals surface area contributed by atoms with Crippen molar-refractivity contribution >= 4 is 11.8 Å². The van der Waals surface area contributed by atoms with Gasteiger partial charge in [-0.3, -0.25) is 14.3 Å². The van der Waals surface area contributed by atoms with E-state index in [0.29, 0.717) is 6.54 Å². The molecule has 1 aromatic rings. The van der Waals surface area contributed by atoms with E-state index in [9.17, 15) is 9.59 Å². The molecule has 6 nitrogen and oxygen atoms in total. The van der Waals surface area contributed by atoms with E-state index in [2.05, 4.69) is 10.4 Å². The Morgan fingerprint density at radius 3 is 2.78 bits per heavy atom. The van der Waals surface area contributed by atoms with Crippen LogP contribution in [0.4, 0.5) is 0 Å². The summed E-state index contributed by atoms with van der Waals surface area (Å²) in [6, 6.07) is 0. The van der Waals surface area contributed by atoms with Crippen molar-refractivity contribution < 1.29 is 9.59 Å². The Balaban J connectivity index is 2.12. The first kappa shape index (κ1) is 12.6. The van der Waals surface area contributed by atoms with Crippen LogP contribution in [-0.4, -0.2) is 38.6 Å². The normalized spacial score (nSPS) is 18.9. The Morgan fingerprint density at radius 2 is 2.17 bits per heavy atom. The highest BCUT2D eigenvalue weighted by Gasteiger charge is 2.38. The lowest BCUT2D eigenvalue weighted by Crippen LogP contribution is -2.63. The van der Waals surface area contributed by atoms with Crippen LogP contribution in [0.3, 0.4) is 0 Å². The highest BCUT2D eigenvalue weighted by atomic mass is 16.2. The summed E-state index contributed by atoms with van der Waals surface area (Å²) < 4.78 is 1.80. The third-order valence-electron chi connectivity index (χ3n) is 2.99. The summed E-state index contributed by atoms with van der Waals surface area (Å²) in [5.74, 6) is -0.186. The zero-order valence-corrected chi connectivity index (χ0v) is 10.9. The molecule has 0 atom stereocenters. The molecule has 0 saturated carbocycles. The van der Waals surface area contributed by atoms with Gasteiger partial charge in [0.25, 0.3) is 0 Å². The lowest BCUT2D eigenvalue weighted by Gasteiger charge is -2.37. The summed E-state index contributed by atoms with van der Waals surface area (Å²) in [6.07, 6.45) is 3.63. The molecule has 2 heterocycles. The summed E-state index contributed by atoms with van der Waals surface area (Å²) in [5.41, 5.74) is 0.117. The van der Waals surface area contributed by atoms with Gasteiger partial charge in [-0.2, -0.15) is 5.10 Å². The molecule has 0 radical (unpaired) electrons. The van der Waals surface area contributed by atoms with Crippen LogP contribution in [0.25, 0.3) is 0 Å². The molecule has 1 saturated heterocycles. The van der Waals surface area contributed by atoms with E-state index in [0.717, 1.165) is 12.1 Å². The van der Waals surface area contributed by atoms with Crippen molar-refractivity contribution in [3.8, 4) is 0 Å². The summed E-state index contributed by atoms with van der Waals surface area (Å²) in [6.45, 7) is 6.76. The van der Waals surface area contributed by atoms with Crippen LogP contribution in [0.5, 0.6) is 0 Å². The van der Waals surface area contributed by atoms with Gasteiger partial charge in [-0.1, -0.05) is 0 Å². The minimum Gasteiger partial charge on any atom is -0.341 e. The van der Waals surface area contributed by atoms with E-state index >= 15 is 0 Å². The van der Waals surface area contributed by atoms with Crippen molar-refractivity contribution in [3.05, 3.63) is 18.0 Å². The minimum absolute atomic E-state index is 0.0636. The first-order chi connectivity index (χ1) is 8.42. The molecule has 0 aromatic carbocycles. The maximum atomic E-state index is 12.2. The Hall–Kier alpha value is -1.85. The lowest BCUT2D eigenvalue weighted by molar-refractivity contribution is -0.148. The molecule has 1 fully saturated rings. The largest absolute Gasteiger partial charge is 0.341 e. The van der Waals surface area contributed by atoms with Crippen LogP contribution in [0.2, 0.25) is 0 Å². The molecule has 0 spiro atoms. The fourth-order valence-corrected chi connectivity index (χ4v) is 2.09. The SMILES string of the molecule is CCn1cc(CN2CC(=O)NC(C)(C)C2=O)cn1. The maximum Gasteiger partial charge on any atom is 0.248 e. The molecule has 98 valence electrons. The van der Waals surface area contributed by atoms with E-state index < -0.39 is 5.54 Å². The van der Waals surface area contributed by atoms with E-state index in [4.69, 9.17) is 0 Å². The molecule has 0 bridgehead atoms. The second kappa shape index (κ2) is 4.44. The third kappa shape index (κ3) is 2.37. The maximum absolute atomic E-state index is 12.2. The van der Waals surface area contributed by atoms with Crippen LogP contribution < -0.4 is 5.32 Å². The monoisotopic (exact) mass is 250 g/mol. The zero-order valence-electron chi connectivity index (χ0n) is 10.9. The number of carbonyl (C=O) groups excluding carboxylic acids is 2. The third-order valence-corrected chi connectivity index (χ3v) is 2.99. The average Bonchev–Trinajstić information content (AvgIpc) is 2.72. The number of hydrogen-bond acceptors (Lipinski definition) is 3. The summed E-state index contributed by atoms with van der Waals surface area (Å²) >= 11 is 0. The second-order valence-electron chi connectivity index (χ2n) is 5.04. The molecule has 0 unspecified atom stereocenters. The number of piperazine rings is 1. The number of aryl methyl sites for hydroxylation is 1. The number of carbonyl (C=O) groups is 2. The van der Waals surface area contributed by atoms with Gasteiger partial charge in [0.2, 0.25) is 11.8 Å². The Kier molecular flexibility index (Phi) is 3.11. The van der Waals surface area contributed by atoms with Crippen molar-refractivity contribution in [2.45, 2.75) is 39.4 Å². The van der Waals surface area contributed by atoms with Crippen LogP contribution in [-0.2, 0) is 22.7 Å². The van der Waals surface area contributed by atoms with Crippen molar-refractivity contribution in [2.24, 2.45) is 0 Å². The molecule has 2 rings (SSSR count). The van der Waals surface area contributed by atoms with Gasteiger partial charge in [-0.15, -0.1) is 0 Å². The number of hydrogen-bond donors (Lipinski definition) is 1.